The van der Waals surface area contributed by atoms with Gasteiger partial charge in [-0.25, -0.2) is 9.59 Å². The molecule has 1 atom stereocenters. The number of hydrogen-bond acceptors (Lipinski definition) is 4. The van der Waals surface area contributed by atoms with Gasteiger partial charge in [-0.1, -0.05) is 29.3 Å². The highest BCUT2D eigenvalue weighted by Gasteiger charge is 2.10. The van der Waals surface area contributed by atoms with Crippen LogP contribution in [0, 0.1) is 0 Å². The minimum absolute atomic E-state index is 0.0941. The molecule has 0 bridgehead atoms. The number of carbonyl (C=O) groups excluding carboxylic acids is 2. The van der Waals surface area contributed by atoms with Crippen LogP contribution in [0.5, 0.6) is 0 Å². The molecule has 3 N–H and O–H groups in total. The van der Waals surface area contributed by atoms with Crippen molar-refractivity contribution in [3.8, 4) is 0 Å². The molecule has 1 aromatic rings. The number of primary amides is 1. The van der Waals surface area contributed by atoms with E-state index in [0.29, 0.717) is 15.6 Å². The molecule has 110 valence electrons. The number of ether oxygens (including phenoxy) is 2. The normalized spacial score (nSPS) is 11.6. The number of nitrogens with two attached hydrogens (primary N) is 1. The predicted molar refractivity (Wildman–Crippen MR) is 74.8 cm³/mol. The molecule has 0 spiro atoms. The maximum atomic E-state index is 11.4. The second kappa shape index (κ2) is 7.81. The van der Waals surface area contributed by atoms with Gasteiger partial charge in [0.05, 0.1) is 0 Å². The number of alkyl carbamates (subject to hydrolysis) is 1. The van der Waals surface area contributed by atoms with Gasteiger partial charge in [-0.2, -0.15) is 0 Å². The molecule has 0 radical (unpaired) electrons. The summed E-state index contributed by atoms with van der Waals surface area (Å²) in [4.78, 5) is 21.9. The minimum Gasteiger partial charge on any atom is -0.446 e. The molecule has 0 aliphatic rings. The summed E-state index contributed by atoms with van der Waals surface area (Å²) >= 11 is 11.7. The molecule has 0 saturated heterocycles. The molecular weight excluding hydrogens is 307 g/mol. The fourth-order valence-corrected chi connectivity index (χ4v) is 1.78. The fourth-order valence-electron chi connectivity index (χ4n) is 1.31. The number of benzene rings is 1. The summed E-state index contributed by atoms with van der Waals surface area (Å²) in [5.74, 6) is 0. The van der Waals surface area contributed by atoms with E-state index in [1.54, 1.807) is 25.1 Å². The van der Waals surface area contributed by atoms with Crippen LogP contribution in [-0.4, -0.2) is 24.9 Å². The minimum atomic E-state index is -0.922. The van der Waals surface area contributed by atoms with Crippen LogP contribution in [0.1, 0.15) is 12.5 Å². The Bertz CT molecular complexity index is 496. The molecule has 1 aromatic carbocycles. The fraction of sp³-hybridized carbons (Fsp3) is 0.333. The van der Waals surface area contributed by atoms with Crippen molar-refractivity contribution in [1.82, 2.24) is 5.32 Å². The summed E-state index contributed by atoms with van der Waals surface area (Å²) in [5, 5.41) is 3.47. The number of rotatable bonds is 5. The largest absolute Gasteiger partial charge is 0.446 e. The van der Waals surface area contributed by atoms with Crippen LogP contribution in [-0.2, 0) is 16.0 Å². The van der Waals surface area contributed by atoms with Crippen LogP contribution in [0.3, 0.4) is 0 Å². The third-order valence-corrected chi connectivity index (χ3v) is 2.79. The van der Waals surface area contributed by atoms with Crippen molar-refractivity contribution in [3.63, 3.8) is 0 Å². The van der Waals surface area contributed by atoms with Gasteiger partial charge in [0, 0.05) is 16.6 Å². The van der Waals surface area contributed by atoms with E-state index in [-0.39, 0.29) is 13.2 Å². The van der Waals surface area contributed by atoms with Crippen LogP contribution in [0.15, 0.2) is 18.2 Å². The lowest BCUT2D eigenvalue weighted by Gasteiger charge is -2.12. The summed E-state index contributed by atoms with van der Waals surface area (Å²) in [6.07, 6.45) is -2.19. The van der Waals surface area contributed by atoms with Crippen LogP contribution >= 0.6 is 23.2 Å². The molecule has 0 saturated carbocycles. The number of amides is 2. The first-order valence-corrected chi connectivity index (χ1v) is 6.44. The standard InChI is InChI=1S/C12H14Cl2N2O4/c1-7(20-11(15)17)6-19-12(18)16-5-8-2-3-9(13)4-10(8)14/h2-4,7H,5-6H2,1H3,(H2,15,17)(H,16,18)/t7-/m1/s1. The SMILES string of the molecule is C[C@H](COC(=O)NCc1ccc(Cl)cc1Cl)OC(N)=O. The van der Waals surface area contributed by atoms with Crippen LogP contribution in [0.4, 0.5) is 9.59 Å². The molecule has 0 aliphatic heterocycles. The Balaban J connectivity index is 2.34. The molecule has 0 aromatic heterocycles. The van der Waals surface area contributed by atoms with Gasteiger partial charge >= 0.3 is 12.2 Å². The highest BCUT2D eigenvalue weighted by atomic mass is 35.5. The van der Waals surface area contributed by atoms with Gasteiger partial charge in [-0.15, -0.1) is 0 Å². The molecule has 20 heavy (non-hydrogen) atoms. The van der Waals surface area contributed by atoms with Gasteiger partial charge in [0.2, 0.25) is 0 Å². The highest BCUT2D eigenvalue weighted by molar-refractivity contribution is 6.35. The van der Waals surface area contributed by atoms with Crippen molar-refractivity contribution < 1.29 is 19.1 Å². The van der Waals surface area contributed by atoms with Gasteiger partial charge < -0.3 is 20.5 Å². The lowest BCUT2D eigenvalue weighted by atomic mass is 10.2. The predicted octanol–water partition coefficient (Wildman–Crippen LogP) is 2.70. The first-order chi connectivity index (χ1) is 9.38. The average Bonchev–Trinajstić information content (AvgIpc) is 2.34. The van der Waals surface area contributed by atoms with E-state index in [4.69, 9.17) is 33.7 Å². The van der Waals surface area contributed by atoms with Crippen LogP contribution in [0.25, 0.3) is 0 Å². The van der Waals surface area contributed by atoms with E-state index in [2.05, 4.69) is 10.1 Å². The lowest BCUT2D eigenvalue weighted by Crippen LogP contribution is -2.30. The molecule has 6 nitrogen and oxygen atoms in total. The molecule has 2 amide bonds. The Morgan fingerprint density at radius 3 is 2.70 bits per heavy atom. The molecule has 0 fully saturated rings. The lowest BCUT2D eigenvalue weighted by molar-refractivity contribution is 0.0576. The first-order valence-electron chi connectivity index (χ1n) is 5.69. The van der Waals surface area contributed by atoms with Gasteiger partial charge in [0.25, 0.3) is 0 Å². The van der Waals surface area contributed by atoms with Gasteiger partial charge in [0.1, 0.15) is 12.7 Å². The second-order valence-electron chi connectivity index (χ2n) is 3.94. The number of nitrogens with one attached hydrogen (secondary N) is 1. The zero-order valence-corrected chi connectivity index (χ0v) is 12.2. The van der Waals surface area contributed by atoms with Crippen molar-refractivity contribution in [2.75, 3.05) is 6.61 Å². The first kappa shape index (κ1) is 16.4. The number of halogens is 2. The summed E-state index contributed by atoms with van der Waals surface area (Å²) in [7, 11) is 0. The maximum absolute atomic E-state index is 11.4. The van der Waals surface area contributed by atoms with Crippen molar-refractivity contribution in [2.45, 2.75) is 19.6 Å². The second-order valence-corrected chi connectivity index (χ2v) is 4.78. The van der Waals surface area contributed by atoms with Crippen molar-refractivity contribution in [3.05, 3.63) is 33.8 Å². The van der Waals surface area contributed by atoms with Crippen molar-refractivity contribution >= 4 is 35.4 Å². The van der Waals surface area contributed by atoms with E-state index < -0.39 is 18.3 Å². The molecule has 0 unspecified atom stereocenters. The van der Waals surface area contributed by atoms with E-state index >= 15 is 0 Å². The van der Waals surface area contributed by atoms with Crippen molar-refractivity contribution in [2.24, 2.45) is 5.73 Å². The highest BCUT2D eigenvalue weighted by Crippen LogP contribution is 2.20. The zero-order valence-electron chi connectivity index (χ0n) is 10.7. The van der Waals surface area contributed by atoms with Gasteiger partial charge in [-0.3, -0.25) is 0 Å². The maximum Gasteiger partial charge on any atom is 0.407 e. The Hall–Kier alpha value is -1.66. The molecule has 1 rings (SSSR count). The van der Waals surface area contributed by atoms with Gasteiger partial charge in [-0.05, 0) is 24.6 Å². The van der Waals surface area contributed by atoms with Crippen LogP contribution < -0.4 is 11.1 Å². The Morgan fingerprint density at radius 2 is 2.10 bits per heavy atom. The number of carbonyl (C=O) groups is 2. The molecular formula is C12H14Cl2N2O4. The van der Waals surface area contributed by atoms with Crippen molar-refractivity contribution in [1.29, 1.82) is 0 Å². The molecule has 0 aliphatic carbocycles. The summed E-state index contributed by atoms with van der Waals surface area (Å²) < 4.78 is 9.43. The Labute approximate surface area is 126 Å². The Kier molecular flexibility index (Phi) is 6.41. The third kappa shape index (κ3) is 5.99. The monoisotopic (exact) mass is 320 g/mol. The van der Waals surface area contributed by atoms with Crippen LogP contribution in [0.2, 0.25) is 10.0 Å². The zero-order chi connectivity index (χ0) is 15.1. The average molecular weight is 321 g/mol. The van der Waals surface area contributed by atoms with E-state index in [0.717, 1.165) is 0 Å². The third-order valence-electron chi connectivity index (χ3n) is 2.20. The molecule has 8 heteroatoms. The topological polar surface area (TPSA) is 90.7 Å². The molecule has 0 heterocycles. The van der Waals surface area contributed by atoms with E-state index in [9.17, 15) is 9.59 Å². The number of hydrogen-bond donors (Lipinski definition) is 2. The van der Waals surface area contributed by atoms with E-state index in [1.807, 2.05) is 0 Å². The summed E-state index contributed by atoms with van der Waals surface area (Å²) in [5.41, 5.74) is 5.52. The summed E-state index contributed by atoms with van der Waals surface area (Å²) in [6.45, 7) is 1.65. The smallest absolute Gasteiger partial charge is 0.407 e. The summed E-state index contributed by atoms with van der Waals surface area (Å²) in [6, 6.07) is 4.94. The Morgan fingerprint density at radius 1 is 1.40 bits per heavy atom. The van der Waals surface area contributed by atoms with E-state index in [1.165, 1.54) is 0 Å². The van der Waals surface area contributed by atoms with Gasteiger partial charge in [0.15, 0.2) is 0 Å². The quantitative estimate of drug-likeness (QED) is 0.872.